The number of hydrogen-bond acceptors (Lipinski definition) is 5. The molecule has 1 fully saturated rings. The van der Waals surface area contributed by atoms with Gasteiger partial charge >= 0.3 is 0 Å². The Balaban J connectivity index is 1.47. The molecule has 7 nitrogen and oxygen atoms in total. The van der Waals surface area contributed by atoms with Gasteiger partial charge in [0.2, 0.25) is 11.9 Å². The number of carbonyl (C=O) groups is 1. The van der Waals surface area contributed by atoms with E-state index in [1.807, 2.05) is 19.3 Å². The van der Waals surface area contributed by atoms with Crippen LogP contribution in [0.15, 0.2) is 36.9 Å². The average molecular weight is 312 g/mol. The number of piperidine rings is 1. The summed E-state index contributed by atoms with van der Waals surface area (Å²) < 4.78 is 1.71. The van der Waals surface area contributed by atoms with Crippen LogP contribution in [0.5, 0.6) is 0 Å². The second-order valence-electron chi connectivity index (χ2n) is 5.60. The summed E-state index contributed by atoms with van der Waals surface area (Å²) in [6.45, 7) is 1.70. The first kappa shape index (κ1) is 15.2. The van der Waals surface area contributed by atoms with E-state index in [4.69, 9.17) is 0 Å². The molecule has 1 aliphatic heterocycles. The quantitative estimate of drug-likeness (QED) is 0.853. The monoisotopic (exact) mass is 312 g/mol. The fraction of sp³-hybridized carbons (Fsp3) is 0.375. The smallest absolute Gasteiger partial charge is 0.244 e. The molecule has 1 amide bonds. The predicted molar refractivity (Wildman–Crippen MR) is 87.7 cm³/mol. The first-order valence-electron chi connectivity index (χ1n) is 7.70. The minimum atomic E-state index is -0.0664. The standard InChI is InChI=1S/C16H20N6O/c1-21-12-13(11-19-21)3-4-15(23)20-14-5-9-22(10-6-14)16-17-7-2-8-18-16/h2-4,7-8,11-12,14H,5-6,9-10H2,1H3,(H,20,23)/b4-3+. The Bertz CT molecular complexity index is 673. The highest BCUT2D eigenvalue weighted by atomic mass is 16.1. The normalized spacial score (nSPS) is 16.0. The molecule has 1 N–H and O–H groups in total. The molecule has 0 atom stereocenters. The fourth-order valence-corrected chi connectivity index (χ4v) is 2.63. The topological polar surface area (TPSA) is 75.9 Å². The number of rotatable bonds is 4. The number of hydrogen-bond donors (Lipinski definition) is 1. The van der Waals surface area contributed by atoms with Crippen molar-refractivity contribution in [2.24, 2.45) is 7.05 Å². The third-order valence-corrected chi connectivity index (χ3v) is 3.83. The summed E-state index contributed by atoms with van der Waals surface area (Å²) in [7, 11) is 1.85. The summed E-state index contributed by atoms with van der Waals surface area (Å²) in [5.41, 5.74) is 0.915. The molecule has 0 aromatic carbocycles. The fourth-order valence-electron chi connectivity index (χ4n) is 2.63. The maximum atomic E-state index is 12.0. The highest BCUT2D eigenvalue weighted by Crippen LogP contribution is 2.15. The number of aromatic nitrogens is 4. The van der Waals surface area contributed by atoms with Crippen molar-refractivity contribution in [1.82, 2.24) is 25.1 Å². The van der Waals surface area contributed by atoms with E-state index in [0.717, 1.165) is 37.4 Å². The van der Waals surface area contributed by atoms with Crippen LogP contribution in [-0.4, -0.2) is 44.8 Å². The van der Waals surface area contributed by atoms with Crippen LogP contribution in [0.25, 0.3) is 6.08 Å². The van der Waals surface area contributed by atoms with E-state index in [1.165, 1.54) is 0 Å². The largest absolute Gasteiger partial charge is 0.350 e. The summed E-state index contributed by atoms with van der Waals surface area (Å²) in [6, 6.07) is 2.01. The van der Waals surface area contributed by atoms with Crippen LogP contribution >= 0.6 is 0 Å². The zero-order chi connectivity index (χ0) is 16.1. The molecule has 3 heterocycles. The van der Waals surface area contributed by atoms with Gasteiger partial charge in [-0.2, -0.15) is 5.10 Å². The van der Waals surface area contributed by atoms with Crippen LogP contribution in [0.4, 0.5) is 5.95 Å². The third-order valence-electron chi connectivity index (χ3n) is 3.83. The minimum absolute atomic E-state index is 0.0664. The maximum absolute atomic E-state index is 12.0. The van der Waals surface area contributed by atoms with E-state index >= 15 is 0 Å². The number of anilines is 1. The summed E-state index contributed by atoms with van der Waals surface area (Å²) in [5.74, 6) is 0.692. The number of nitrogens with one attached hydrogen (secondary N) is 1. The Morgan fingerprint density at radius 2 is 2.04 bits per heavy atom. The van der Waals surface area contributed by atoms with Crippen molar-refractivity contribution in [3.63, 3.8) is 0 Å². The molecule has 0 spiro atoms. The molecule has 1 saturated heterocycles. The maximum Gasteiger partial charge on any atom is 0.244 e. The summed E-state index contributed by atoms with van der Waals surface area (Å²) in [4.78, 5) is 22.6. The highest BCUT2D eigenvalue weighted by molar-refractivity contribution is 5.91. The molecule has 0 saturated carbocycles. The van der Waals surface area contributed by atoms with Gasteiger partial charge in [-0.3, -0.25) is 9.48 Å². The van der Waals surface area contributed by atoms with Crippen LogP contribution in [0.1, 0.15) is 18.4 Å². The van der Waals surface area contributed by atoms with Gasteiger partial charge in [0, 0.05) is 56.4 Å². The molecule has 0 bridgehead atoms. The van der Waals surface area contributed by atoms with Gasteiger partial charge in [0.05, 0.1) is 6.20 Å². The van der Waals surface area contributed by atoms with Crippen molar-refractivity contribution in [1.29, 1.82) is 0 Å². The highest BCUT2D eigenvalue weighted by Gasteiger charge is 2.21. The van der Waals surface area contributed by atoms with Crippen molar-refractivity contribution in [2.75, 3.05) is 18.0 Å². The zero-order valence-electron chi connectivity index (χ0n) is 13.1. The molecule has 0 radical (unpaired) electrons. The molecule has 0 unspecified atom stereocenters. The first-order chi connectivity index (χ1) is 11.2. The molecule has 1 aliphatic rings. The Labute approximate surface area is 135 Å². The summed E-state index contributed by atoms with van der Waals surface area (Å²) in [6.07, 6.45) is 12.2. The molecular weight excluding hydrogens is 292 g/mol. The van der Waals surface area contributed by atoms with Gasteiger partial charge in [-0.1, -0.05) is 0 Å². The predicted octanol–water partition coefficient (Wildman–Crippen LogP) is 1.01. The van der Waals surface area contributed by atoms with Gasteiger partial charge in [-0.25, -0.2) is 9.97 Å². The zero-order valence-corrected chi connectivity index (χ0v) is 13.1. The van der Waals surface area contributed by atoms with E-state index in [2.05, 4.69) is 25.3 Å². The van der Waals surface area contributed by atoms with Gasteiger partial charge < -0.3 is 10.2 Å². The lowest BCUT2D eigenvalue weighted by atomic mass is 10.1. The van der Waals surface area contributed by atoms with Crippen LogP contribution in [0.3, 0.4) is 0 Å². The SMILES string of the molecule is Cn1cc(/C=C/C(=O)NC2CCN(c3ncccn3)CC2)cn1. The molecule has 3 rings (SSSR count). The van der Waals surface area contributed by atoms with Crippen molar-refractivity contribution in [3.05, 3.63) is 42.5 Å². The second kappa shape index (κ2) is 7.04. The Hall–Kier alpha value is -2.70. The number of aryl methyl sites for hydroxylation is 1. The van der Waals surface area contributed by atoms with Crippen molar-refractivity contribution in [3.8, 4) is 0 Å². The summed E-state index contributed by atoms with van der Waals surface area (Å²) in [5, 5.41) is 7.11. The molecule has 23 heavy (non-hydrogen) atoms. The molecule has 7 heteroatoms. The van der Waals surface area contributed by atoms with Crippen molar-refractivity contribution in [2.45, 2.75) is 18.9 Å². The van der Waals surface area contributed by atoms with E-state index in [1.54, 1.807) is 35.4 Å². The van der Waals surface area contributed by atoms with Crippen LogP contribution in [-0.2, 0) is 11.8 Å². The van der Waals surface area contributed by atoms with Gasteiger partial charge in [-0.15, -0.1) is 0 Å². The number of carbonyl (C=O) groups excluding carboxylic acids is 1. The first-order valence-corrected chi connectivity index (χ1v) is 7.70. The van der Waals surface area contributed by atoms with Crippen LogP contribution in [0.2, 0.25) is 0 Å². The second-order valence-corrected chi connectivity index (χ2v) is 5.60. The van der Waals surface area contributed by atoms with Crippen molar-refractivity contribution < 1.29 is 4.79 Å². The van der Waals surface area contributed by atoms with Crippen LogP contribution < -0.4 is 10.2 Å². The van der Waals surface area contributed by atoms with Crippen LogP contribution in [0, 0.1) is 0 Å². The van der Waals surface area contributed by atoms with E-state index in [-0.39, 0.29) is 11.9 Å². The van der Waals surface area contributed by atoms with Gasteiger partial charge in [0.25, 0.3) is 0 Å². The molecule has 2 aromatic heterocycles. The molecule has 2 aromatic rings. The lowest BCUT2D eigenvalue weighted by Gasteiger charge is -2.32. The molecular formula is C16H20N6O. The Morgan fingerprint density at radius 1 is 1.30 bits per heavy atom. The average Bonchev–Trinajstić information content (AvgIpc) is 3.00. The van der Waals surface area contributed by atoms with Gasteiger partial charge in [0.15, 0.2) is 0 Å². The van der Waals surface area contributed by atoms with Gasteiger partial charge in [0.1, 0.15) is 0 Å². The molecule has 0 aliphatic carbocycles. The lowest BCUT2D eigenvalue weighted by molar-refractivity contribution is -0.117. The Morgan fingerprint density at radius 3 is 2.70 bits per heavy atom. The third kappa shape index (κ3) is 4.15. The summed E-state index contributed by atoms with van der Waals surface area (Å²) >= 11 is 0. The molecule has 120 valence electrons. The lowest BCUT2D eigenvalue weighted by Crippen LogP contribution is -2.44. The van der Waals surface area contributed by atoms with E-state index in [0.29, 0.717) is 0 Å². The Kier molecular flexibility index (Phi) is 4.65. The number of amides is 1. The number of nitrogens with zero attached hydrogens (tertiary/aromatic N) is 5. The van der Waals surface area contributed by atoms with Crippen molar-refractivity contribution >= 4 is 17.9 Å². The van der Waals surface area contributed by atoms with E-state index in [9.17, 15) is 4.79 Å². The van der Waals surface area contributed by atoms with Gasteiger partial charge in [-0.05, 0) is 25.0 Å². The van der Waals surface area contributed by atoms with E-state index < -0.39 is 0 Å². The minimum Gasteiger partial charge on any atom is -0.350 e.